The zero-order chi connectivity index (χ0) is 15.1. The first-order valence-corrected chi connectivity index (χ1v) is 8.37. The van der Waals surface area contributed by atoms with E-state index in [0.29, 0.717) is 12.1 Å². The molecule has 3 nitrogen and oxygen atoms in total. The van der Waals surface area contributed by atoms with Crippen molar-refractivity contribution in [3.8, 4) is 0 Å². The summed E-state index contributed by atoms with van der Waals surface area (Å²) < 4.78 is 5.79. The monoisotopic (exact) mass is 290 g/mol. The van der Waals surface area contributed by atoms with E-state index in [1.807, 2.05) is 0 Å². The van der Waals surface area contributed by atoms with Gasteiger partial charge in [-0.25, -0.2) is 0 Å². The summed E-state index contributed by atoms with van der Waals surface area (Å²) in [7, 11) is 0. The Hall–Kier alpha value is -0.900. The molecule has 1 N–H and O–H groups in total. The van der Waals surface area contributed by atoms with Gasteiger partial charge >= 0.3 is 0 Å². The van der Waals surface area contributed by atoms with E-state index in [1.165, 1.54) is 17.5 Å². The molecule has 1 aliphatic rings. The molecule has 118 valence electrons. The maximum atomic E-state index is 5.79. The van der Waals surface area contributed by atoms with E-state index in [9.17, 15) is 0 Å². The summed E-state index contributed by atoms with van der Waals surface area (Å²) in [6.07, 6.45) is 2.69. The van der Waals surface area contributed by atoms with Gasteiger partial charge in [0.2, 0.25) is 0 Å². The molecule has 0 saturated carbocycles. The molecule has 1 saturated heterocycles. The highest BCUT2D eigenvalue weighted by Crippen LogP contribution is 2.18. The van der Waals surface area contributed by atoms with Gasteiger partial charge in [0.15, 0.2) is 0 Å². The summed E-state index contributed by atoms with van der Waals surface area (Å²) in [5.74, 6) is 0. The number of ether oxygens (including phenoxy) is 1. The van der Waals surface area contributed by atoms with Gasteiger partial charge in [0.25, 0.3) is 0 Å². The Morgan fingerprint density at radius 1 is 1.29 bits per heavy atom. The molecule has 1 fully saturated rings. The van der Waals surface area contributed by atoms with E-state index >= 15 is 0 Å². The second kappa shape index (κ2) is 8.52. The summed E-state index contributed by atoms with van der Waals surface area (Å²) in [5, 5.41) is 3.48. The van der Waals surface area contributed by atoms with Crippen LogP contribution in [0.3, 0.4) is 0 Å². The van der Waals surface area contributed by atoms with Gasteiger partial charge in [-0.3, -0.25) is 4.90 Å². The predicted octanol–water partition coefficient (Wildman–Crippen LogP) is 3.19. The van der Waals surface area contributed by atoms with Crippen molar-refractivity contribution in [1.29, 1.82) is 0 Å². The van der Waals surface area contributed by atoms with Crippen LogP contribution in [0.15, 0.2) is 24.3 Å². The molecular formula is C18H30N2O. The average molecular weight is 290 g/mol. The van der Waals surface area contributed by atoms with Crippen LogP contribution in [0.5, 0.6) is 0 Å². The Balaban J connectivity index is 1.95. The molecule has 2 atom stereocenters. The van der Waals surface area contributed by atoms with Crippen molar-refractivity contribution >= 4 is 0 Å². The van der Waals surface area contributed by atoms with Crippen molar-refractivity contribution < 1.29 is 4.74 Å². The van der Waals surface area contributed by atoms with Gasteiger partial charge in [-0.05, 0) is 37.4 Å². The summed E-state index contributed by atoms with van der Waals surface area (Å²) in [4.78, 5) is 2.58. The molecule has 0 radical (unpaired) electrons. The molecule has 1 aliphatic heterocycles. The predicted molar refractivity (Wildman–Crippen MR) is 88.3 cm³/mol. The zero-order valence-electron chi connectivity index (χ0n) is 13.8. The minimum absolute atomic E-state index is 0.349. The summed E-state index contributed by atoms with van der Waals surface area (Å²) in [6, 6.07) is 9.54. The van der Waals surface area contributed by atoms with Crippen molar-refractivity contribution in [2.24, 2.45) is 0 Å². The lowest BCUT2D eigenvalue weighted by atomic mass is 10.1. The molecule has 1 aromatic carbocycles. The Morgan fingerprint density at radius 2 is 2.10 bits per heavy atom. The van der Waals surface area contributed by atoms with Gasteiger partial charge < -0.3 is 10.1 Å². The number of benzene rings is 1. The highest BCUT2D eigenvalue weighted by atomic mass is 16.5. The Kier molecular flexibility index (Phi) is 6.68. The lowest BCUT2D eigenvalue weighted by Crippen LogP contribution is -2.47. The molecule has 0 spiro atoms. The highest BCUT2D eigenvalue weighted by Gasteiger charge is 2.25. The number of nitrogens with one attached hydrogen (secondary N) is 1. The number of hydrogen-bond donors (Lipinski definition) is 1. The molecule has 2 rings (SSSR count). The summed E-state index contributed by atoms with van der Waals surface area (Å²) in [5.41, 5.74) is 2.80. The van der Waals surface area contributed by atoms with Crippen LogP contribution < -0.4 is 5.32 Å². The van der Waals surface area contributed by atoms with Crippen molar-refractivity contribution in [1.82, 2.24) is 10.2 Å². The van der Waals surface area contributed by atoms with E-state index in [0.717, 1.165) is 39.2 Å². The third-order valence-electron chi connectivity index (χ3n) is 4.19. The number of morpholine rings is 1. The Morgan fingerprint density at radius 3 is 2.86 bits per heavy atom. The van der Waals surface area contributed by atoms with E-state index in [1.54, 1.807) is 0 Å². The summed E-state index contributed by atoms with van der Waals surface area (Å²) in [6.45, 7) is 11.6. The van der Waals surface area contributed by atoms with E-state index in [2.05, 4.69) is 55.3 Å². The second-order valence-electron chi connectivity index (χ2n) is 6.13. The van der Waals surface area contributed by atoms with Crippen molar-refractivity contribution in [3.05, 3.63) is 35.4 Å². The third-order valence-corrected chi connectivity index (χ3v) is 4.19. The molecule has 1 aromatic rings. The molecule has 0 aliphatic carbocycles. The number of hydrogen-bond acceptors (Lipinski definition) is 3. The van der Waals surface area contributed by atoms with Gasteiger partial charge in [-0.15, -0.1) is 0 Å². The lowest BCUT2D eigenvalue weighted by Gasteiger charge is -2.38. The van der Waals surface area contributed by atoms with Crippen LogP contribution in [0.4, 0.5) is 0 Å². The smallest absolute Gasteiger partial charge is 0.0674 e. The van der Waals surface area contributed by atoms with Gasteiger partial charge in [-0.2, -0.15) is 0 Å². The van der Waals surface area contributed by atoms with Crippen LogP contribution >= 0.6 is 0 Å². The highest BCUT2D eigenvalue weighted by molar-refractivity contribution is 5.23. The fraction of sp³-hybridized carbons (Fsp3) is 0.667. The zero-order valence-corrected chi connectivity index (χ0v) is 13.8. The van der Waals surface area contributed by atoms with Crippen molar-refractivity contribution in [2.45, 2.75) is 58.8 Å². The van der Waals surface area contributed by atoms with Crippen molar-refractivity contribution in [2.75, 3.05) is 19.7 Å². The molecule has 0 aromatic heterocycles. The van der Waals surface area contributed by atoms with Gasteiger partial charge in [-0.1, -0.05) is 38.1 Å². The SMILES string of the molecule is CCCNCc1cccc(CN2CC(C)OCC2CC)c1. The lowest BCUT2D eigenvalue weighted by molar-refractivity contribution is -0.0592. The standard InChI is InChI=1S/C18H30N2O/c1-4-9-19-11-16-7-6-8-17(10-16)13-20-12-15(3)21-14-18(20)5-2/h6-8,10,15,18-19H,4-5,9,11-14H2,1-3H3. The van der Waals surface area contributed by atoms with E-state index in [4.69, 9.17) is 4.74 Å². The van der Waals surface area contributed by atoms with Crippen LogP contribution in [-0.4, -0.2) is 36.7 Å². The molecule has 0 bridgehead atoms. The molecule has 1 heterocycles. The Bertz CT molecular complexity index is 421. The summed E-state index contributed by atoms with van der Waals surface area (Å²) >= 11 is 0. The van der Waals surface area contributed by atoms with E-state index < -0.39 is 0 Å². The van der Waals surface area contributed by atoms with Crippen LogP contribution in [-0.2, 0) is 17.8 Å². The normalized spacial score (nSPS) is 23.4. The molecular weight excluding hydrogens is 260 g/mol. The first kappa shape index (κ1) is 16.5. The molecule has 2 unspecified atom stereocenters. The Labute approximate surface area is 129 Å². The quantitative estimate of drug-likeness (QED) is 0.781. The van der Waals surface area contributed by atoms with Gasteiger partial charge in [0.05, 0.1) is 12.7 Å². The largest absolute Gasteiger partial charge is 0.376 e. The number of rotatable bonds is 7. The van der Waals surface area contributed by atoms with Crippen LogP contribution in [0.2, 0.25) is 0 Å². The maximum absolute atomic E-state index is 5.79. The third kappa shape index (κ3) is 5.10. The first-order chi connectivity index (χ1) is 10.2. The number of nitrogens with zero attached hydrogens (tertiary/aromatic N) is 1. The van der Waals surface area contributed by atoms with Gasteiger partial charge in [0, 0.05) is 25.7 Å². The van der Waals surface area contributed by atoms with Crippen LogP contribution in [0.25, 0.3) is 0 Å². The van der Waals surface area contributed by atoms with Gasteiger partial charge in [0.1, 0.15) is 0 Å². The average Bonchev–Trinajstić information content (AvgIpc) is 2.48. The first-order valence-electron chi connectivity index (χ1n) is 8.37. The minimum atomic E-state index is 0.349. The van der Waals surface area contributed by atoms with Crippen LogP contribution in [0.1, 0.15) is 44.7 Å². The molecule has 21 heavy (non-hydrogen) atoms. The molecule has 3 heteroatoms. The second-order valence-corrected chi connectivity index (χ2v) is 6.13. The fourth-order valence-electron chi connectivity index (χ4n) is 2.96. The minimum Gasteiger partial charge on any atom is -0.376 e. The van der Waals surface area contributed by atoms with Crippen LogP contribution in [0, 0.1) is 0 Å². The van der Waals surface area contributed by atoms with Crippen molar-refractivity contribution in [3.63, 3.8) is 0 Å². The van der Waals surface area contributed by atoms with E-state index in [-0.39, 0.29) is 0 Å². The topological polar surface area (TPSA) is 24.5 Å². The fourth-order valence-corrected chi connectivity index (χ4v) is 2.96. The maximum Gasteiger partial charge on any atom is 0.0674 e. The molecule has 0 amide bonds.